The van der Waals surface area contributed by atoms with E-state index in [9.17, 15) is 4.79 Å². The van der Waals surface area contributed by atoms with E-state index in [2.05, 4.69) is 17.2 Å². The second-order valence-corrected chi connectivity index (χ2v) is 5.85. The summed E-state index contributed by atoms with van der Waals surface area (Å²) in [5.74, 6) is 0.505. The van der Waals surface area contributed by atoms with Crippen molar-refractivity contribution in [2.24, 2.45) is 11.7 Å². The number of nitrogens with zero attached hydrogens (tertiary/aromatic N) is 1. The van der Waals surface area contributed by atoms with Crippen LogP contribution in [0.3, 0.4) is 0 Å². The van der Waals surface area contributed by atoms with Crippen LogP contribution in [0, 0.1) is 12.8 Å². The van der Waals surface area contributed by atoms with E-state index in [-0.39, 0.29) is 5.91 Å². The van der Waals surface area contributed by atoms with Crippen LogP contribution >= 0.6 is 0 Å². The number of aryl methyl sites for hydroxylation is 1. The minimum atomic E-state index is -0.685. The third kappa shape index (κ3) is 3.53. The third-order valence-corrected chi connectivity index (χ3v) is 3.91. The second-order valence-electron chi connectivity index (χ2n) is 5.85. The largest absolute Gasteiger partial charge is 0.350 e. The molecule has 1 aliphatic carbocycles. The molecule has 0 saturated heterocycles. The van der Waals surface area contributed by atoms with Crippen LogP contribution < -0.4 is 11.1 Å². The standard InChI is InChI=1S/C15H23N3O/c1-11-4-3-7-15(16,8-11)14(19)18-10-13-6-5-12(2)17-9-13/h5-6,9,11H,3-4,7-8,10,16H2,1-2H3,(H,18,19). The number of pyridine rings is 1. The minimum absolute atomic E-state index is 0.0281. The summed E-state index contributed by atoms with van der Waals surface area (Å²) >= 11 is 0. The highest BCUT2D eigenvalue weighted by atomic mass is 16.2. The molecule has 0 radical (unpaired) electrons. The van der Waals surface area contributed by atoms with Crippen LogP contribution in [0.25, 0.3) is 0 Å². The van der Waals surface area contributed by atoms with Crippen molar-refractivity contribution in [1.29, 1.82) is 0 Å². The average Bonchev–Trinajstić information content (AvgIpc) is 2.37. The molecule has 0 spiro atoms. The summed E-state index contributed by atoms with van der Waals surface area (Å²) < 4.78 is 0. The van der Waals surface area contributed by atoms with Crippen LogP contribution in [0.5, 0.6) is 0 Å². The molecule has 1 heterocycles. The molecule has 2 atom stereocenters. The number of nitrogens with one attached hydrogen (secondary N) is 1. The summed E-state index contributed by atoms with van der Waals surface area (Å²) in [6, 6.07) is 3.93. The minimum Gasteiger partial charge on any atom is -0.350 e. The molecule has 0 aliphatic heterocycles. The first-order valence-electron chi connectivity index (χ1n) is 6.98. The highest BCUT2D eigenvalue weighted by molar-refractivity contribution is 5.86. The molecule has 1 aromatic heterocycles. The lowest BCUT2D eigenvalue weighted by molar-refractivity contribution is -0.128. The molecule has 0 bridgehead atoms. The highest BCUT2D eigenvalue weighted by Crippen LogP contribution is 2.30. The van der Waals surface area contributed by atoms with Gasteiger partial charge in [-0.15, -0.1) is 0 Å². The Morgan fingerprint density at radius 1 is 1.58 bits per heavy atom. The van der Waals surface area contributed by atoms with Crippen molar-refractivity contribution in [3.05, 3.63) is 29.6 Å². The van der Waals surface area contributed by atoms with E-state index in [0.29, 0.717) is 12.5 Å². The maximum absolute atomic E-state index is 12.2. The van der Waals surface area contributed by atoms with Gasteiger partial charge in [0.25, 0.3) is 0 Å². The number of aromatic nitrogens is 1. The van der Waals surface area contributed by atoms with Crippen molar-refractivity contribution in [3.63, 3.8) is 0 Å². The molecular formula is C15H23N3O. The topological polar surface area (TPSA) is 68.0 Å². The van der Waals surface area contributed by atoms with Gasteiger partial charge in [0.1, 0.15) is 0 Å². The molecular weight excluding hydrogens is 238 g/mol. The van der Waals surface area contributed by atoms with Crippen molar-refractivity contribution >= 4 is 5.91 Å². The van der Waals surface area contributed by atoms with Gasteiger partial charge in [0.2, 0.25) is 5.91 Å². The molecule has 1 amide bonds. The van der Waals surface area contributed by atoms with E-state index in [1.165, 1.54) is 6.42 Å². The van der Waals surface area contributed by atoms with Gasteiger partial charge < -0.3 is 11.1 Å². The van der Waals surface area contributed by atoms with Crippen LogP contribution in [0.15, 0.2) is 18.3 Å². The lowest BCUT2D eigenvalue weighted by atomic mass is 9.76. The van der Waals surface area contributed by atoms with Crippen molar-refractivity contribution in [3.8, 4) is 0 Å². The molecule has 4 nitrogen and oxygen atoms in total. The Bertz CT molecular complexity index is 443. The highest BCUT2D eigenvalue weighted by Gasteiger charge is 2.37. The summed E-state index contributed by atoms with van der Waals surface area (Å²) in [7, 11) is 0. The van der Waals surface area contributed by atoms with Gasteiger partial charge >= 0.3 is 0 Å². The summed E-state index contributed by atoms with van der Waals surface area (Å²) in [6.07, 6.45) is 5.58. The first-order chi connectivity index (χ1) is 8.99. The van der Waals surface area contributed by atoms with Gasteiger partial charge in [0.15, 0.2) is 0 Å². The Morgan fingerprint density at radius 3 is 3.00 bits per heavy atom. The van der Waals surface area contributed by atoms with Crippen LogP contribution in [0.1, 0.15) is 43.9 Å². The Balaban J connectivity index is 1.91. The Hall–Kier alpha value is -1.42. The quantitative estimate of drug-likeness (QED) is 0.873. The average molecular weight is 261 g/mol. The first kappa shape index (κ1) is 14.0. The predicted molar refractivity (Wildman–Crippen MR) is 75.4 cm³/mol. The molecule has 3 N–H and O–H groups in total. The van der Waals surface area contributed by atoms with Gasteiger partial charge in [-0.05, 0) is 37.3 Å². The molecule has 2 unspecified atom stereocenters. The number of rotatable bonds is 3. The zero-order valence-electron chi connectivity index (χ0n) is 11.8. The van der Waals surface area contributed by atoms with E-state index < -0.39 is 5.54 Å². The number of hydrogen-bond acceptors (Lipinski definition) is 3. The molecule has 4 heteroatoms. The van der Waals surface area contributed by atoms with Crippen LogP contribution in [-0.2, 0) is 11.3 Å². The zero-order valence-corrected chi connectivity index (χ0v) is 11.8. The van der Waals surface area contributed by atoms with E-state index in [4.69, 9.17) is 5.73 Å². The number of amides is 1. The Kier molecular flexibility index (Phi) is 4.20. The molecule has 1 aliphatic rings. The van der Waals surface area contributed by atoms with Crippen LogP contribution in [0.2, 0.25) is 0 Å². The third-order valence-electron chi connectivity index (χ3n) is 3.91. The van der Waals surface area contributed by atoms with Crippen LogP contribution in [0.4, 0.5) is 0 Å². The fourth-order valence-corrected chi connectivity index (χ4v) is 2.76. The molecule has 1 saturated carbocycles. The van der Waals surface area contributed by atoms with Crippen LogP contribution in [-0.4, -0.2) is 16.4 Å². The van der Waals surface area contributed by atoms with Crippen molar-refractivity contribution in [1.82, 2.24) is 10.3 Å². The second kappa shape index (κ2) is 5.70. The molecule has 0 aromatic carbocycles. The number of carbonyl (C=O) groups excluding carboxylic acids is 1. The van der Waals surface area contributed by atoms with Gasteiger partial charge in [0.05, 0.1) is 5.54 Å². The maximum atomic E-state index is 12.2. The molecule has 1 fully saturated rings. The first-order valence-corrected chi connectivity index (χ1v) is 6.98. The van der Waals surface area contributed by atoms with E-state index in [1.54, 1.807) is 6.20 Å². The maximum Gasteiger partial charge on any atom is 0.240 e. The monoisotopic (exact) mass is 261 g/mol. The van der Waals surface area contributed by atoms with Gasteiger partial charge in [-0.1, -0.05) is 25.8 Å². The predicted octanol–water partition coefficient (Wildman–Crippen LogP) is 1.91. The van der Waals surface area contributed by atoms with Gasteiger partial charge in [0, 0.05) is 18.4 Å². The summed E-state index contributed by atoms with van der Waals surface area (Å²) in [4.78, 5) is 16.5. The zero-order chi connectivity index (χ0) is 13.9. The summed E-state index contributed by atoms with van der Waals surface area (Å²) in [5, 5.41) is 2.95. The number of hydrogen-bond donors (Lipinski definition) is 2. The molecule has 1 aromatic rings. The van der Waals surface area contributed by atoms with E-state index in [0.717, 1.165) is 30.5 Å². The van der Waals surface area contributed by atoms with Gasteiger partial charge in [-0.2, -0.15) is 0 Å². The summed E-state index contributed by atoms with van der Waals surface area (Å²) in [6.45, 7) is 4.61. The van der Waals surface area contributed by atoms with Crippen molar-refractivity contribution in [2.45, 2.75) is 51.6 Å². The fourth-order valence-electron chi connectivity index (χ4n) is 2.76. The number of nitrogens with two attached hydrogens (primary N) is 1. The molecule has 104 valence electrons. The Morgan fingerprint density at radius 2 is 2.37 bits per heavy atom. The summed E-state index contributed by atoms with van der Waals surface area (Å²) in [5.41, 5.74) is 7.55. The van der Waals surface area contributed by atoms with E-state index >= 15 is 0 Å². The van der Waals surface area contributed by atoms with Crippen molar-refractivity contribution in [2.75, 3.05) is 0 Å². The lowest BCUT2D eigenvalue weighted by Crippen LogP contribution is -2.56. The van der Waals surface area contributed by atoms with E-state index in [1.807, 2.05) is 19.1 Å². The SMILES string of the molecule is Cc1ccc(CNC(=O)C2(N)CCCC(C)C2)cn1. The molecule has 19 heavy (non-hydrogen) atoms. The Labute approximate surface area is 114 Å². The lowest BCUT2D eigenvalue weighted by Gasteiger charge is -2.35. The van der Waals surface area contributed by atoms with Gasteiger partial charge in [-0.25, -0.2) is 0 Å². The normalized spacial score (nSPS) is 27.0. The fraction of sp³-hybridized carbons (Fsp3) is 0.600. The smallest absolute Gasteiger partial charge is 0.240 e. The molecule has 2 rings (SSSR count). The number of carbonyl (C=O) groups is 1. The van der Waals surface area contributed by atoms with Gasteiger partial charge in [-0.3, -0.25) is 9.78 Å². The van der Waals surface area contributed by atoms with Crippen molar-refractivity contribution < 1.29 is 4.79 Å².